The van der Waals surface area contributed by atoms with Crippen LogP contribution >= 0.6 is 0 Å². The molecule has 0 aliphatic carbocycles. The van der Waals surface area contributed by atoms with Crippen molar-refractivity contribution in [3.8, 4) is 5.88 Å². The number of hydrogen-bond acceptors (Lipinski definition) is 6. The summed E-state index contributed by atoms with van der Waals surface area (Å²) in [4.78, 5) is 13.2. The monoisotopic (exact) mass is 379 g/mol. The first-order valence-corrected chi connectivity index (χ1v) is 8.43. The molecule has 1 aromatic heterocycles. The van der Waals surface area contributed by atoms with Crippen LogP contribution in [0.5, 0.6) is 5.88 Å². The smallest absolute Gasteiger partial charge is 0.414 e. The summed E-state index contributed by atoms with van der Waals surface area (Å²) in [5.74, 6) is -1.27. The molecule has 2 N–H and O–H groups in total. The molecule has 27 heavy (non-hydrogen) atoms. The lowest BCUT2D eigenvalue weighted by Gasteiger charge is -2.16. The van der Waals surface area contributed by atoms with Crippen LogP contribution in [0.1, 0.15) is 18.9 Å². The number of cyclic esters (lactones) is 1. The number of carbonyl (C=O) groups excluding carboxylic acids is 1. The number of rotatable bonds is 7. The molecule has 1 unspecified atom stereocenters. The SMILES string of the molecule is CC/C(=C\CN)c1c(F)cc(N2CC(COc3ccon3)OC2=O)cc1F. The van der Waals surface area contributed by atoms with Gasteiger partial charge in [0.05, 0.1) is 12.2 Å². The molecule has 7 nitrogen and oxygen atoms in total. The summed E-state index contributed by atoms with van der Waals surface area (Å²) < 4.78 is 44.2. The summed E-state index contributed by atoms with van der Waals surface area (Å²) in [6.07, 6.45) is 2.03. The number of carbonyl (C=O) groups is 1. The highest BCUT2D eigenvalue weighted by Crippen LogP contribution is 2.30. The first-order chi connectivity index (χ1) is 13.0. The molecule has 3 rings (SSSR count). The second kappa shape index (κ2) is 8.17. The first kappa shape index (κ1) is 18.8. The number of hydrogen-bond donors (Lipinski definition) is 1. The zero-order valence-electron chi connectivity index (χ0n) is 14.7. The fourth-order valence-corrected chi connectivity index (χ4v) is 2.86. The average molecular weight is 379 g/mol. The van der Waals surface area contributed by atoms with Gasteiger partial charge in [-0.2, -0.15) is 0 Å². The Kier molecular flexibility index (Phi) is 5.70. The summed E-state index contributed by atoms with van der Waals surface area (Å²) in [5, 5.41) is 3.58. The quantitative estimate of drug-likeness (QED) is 0.795. The van der Waals surface area contributed by atoms with Crippen molar-refractivity contribution in [3.05, 3.63) is 47.7 Å². The molecular formula is C18H19F2N3O4. The minimum Gasteiger partial charge on any atom is -0.471 e. The van der Waals surface area contributed by atoms with Gasteiger partial charge in [0.1, 0.15) is 24.5 Å². The lowest BCUT2D eigenvalue weighted by molar-refractivity contribution is 0.102. The molecule has 2 aromatic rings. The number of allylic oxidation sites excluding steroid dienone is 1. The van der Waals surface area contributed by atoms with Crippen LogP contribution < -0.4 is 15.4 Å². The Bertz CT molecular complexity index is 816. The van der Waals surface area contributed by atoms with Crippen LogP contribution in [-0.4, -0.2) is 37.1 Å². The van der Waals surface area contributed by atoms with E-state index in [0.29, 0.717) is 12.0 Å². The Morgan fingerprint density at radius 3 is 2.78 bits per heavy atom. The third kappa shape index (κ3) is 4.08. The van der Waals surface area contributed by atoms with Crippen molar-refractivity contribution in [2.24, 2.45) is 5.73 Å². The zero-order valence-corrected chi connectivity index (χ0v) is 14.7. The van der Waals surface area contributed by atoms with Gasteiger partial charge in [-0.05, 0) is 29.3 Å². The van der Waals surface area contributed by atoms with Crippen molar-refractivity contribution < 1.29 is 27.6 Å². The highest BCUT2D eigenvalue weighted by Gasteiger charge is 2.34. The van der Waals surface area contributed by atoms with E-state index in [-0.39, 0.29) is 36.8 Å². The maximum Gasteiger partial charge on any atom is 0.414 e. The highest BCUT2D eigenvalue weighted by molar-refractivity contribution is 5.90. The predicted molar refractivity (Wildman–Crippen MR) is 93.3 cm³/mol. The molecule has 1 atom stereocenters. The fraction of sp³-hybridized carbons (Fsp3) is 0.333. The van der Waals surface area contributed by atoms with Gasteiger partial charge in [0, 0.05) is 18.2 Å². The maximum absolute atomic E-state index is 14.5. The molecule has 1 amide bonds. The van der Waals surface area contributed by atoms with E-state index in [1.807, 2.05) is 0 Å². The van der Waals surface area contributed by atoms with Crippen molar-refractivity contribution in [2.45, 2.75) is 19.4 Å². The molecule has 1 fully saturated rings. The Morgan fingerprint density at radius 1 is 1.44 bits per heavy atom. The summed E-state index contributed by atoms with van der Waals surface area (Å²) in [6, 6.07) is 3.74. The largest absolute Gasteiger partial charge is 0.471 e. The normalized spacial score (nSPS) is 17.3. The van der Waals surface area contributed by atoms with Crippen LogP contribution in [0.3, 0.4) is 0 Å². The van der Waals surface area contributed by atoms with Crippen molar-refractivity contribution >= 4 is 17.4 Å². The number of halogens is 2. The number of ether oxygens (including phenoxy) is 2. The molecule has 0 saturated carbocycles. The lowest BCUT2D eigenvalue weighted by atomic mass is 10.0. The van der Waals surface area contributed by atoms with Crippen LogP contribution in [0.4, 0.5) is 19.3 Å². The maximum atomic E-state index is 14.5. The minimum absolute atomic E-state index is 0.0387. The predicted octanol–water partition coefficient (Wildman–Crippen LogP) is 3.11. The molecule has 1 aliphatic heterocycles. The van der Waals surface area contributed by atoms with Gasteiger partial charge in [0.15, 0.2) is 6.10 Å². The van der Waals surface area contributed by atoms with Crippen LogP contribution in [0.15, 0.2) is 35.1 Å². The van der Waals surface area contributed by atoms with E-state index in [1.54, 1.807) is 13.0 Å². The Morgan fingerprint density at radius 2 is 2.19 bits per heavy atom. The number of amides is 1. The standard InChI is InChI=1S/C18H19F2N3O4/c1-2-11(3-5-21)17-14(19)7-12(8-15(17)20)23-9-13(27-18(23)24)10-25-16-4-6-26-22-16/h3-4,6-8,13H,2,5,9-10,21H2,1H3/b11-3+. The zero-order chi connectivity index (χ0) is 19.4. The number of anilines is 1. The molecule has 1 aromatic carbocycles. The van der Waals surface area contributed by atoms with Gasteiger partial charge in [-0.3, -0.25) is 4.90 Å². The highest BCUT2D eigenvalue weighted by atomic mass is 19.1. The van der Waals surface area contributed by atoms with Gasteiger partial charge in [-0.1, -0.05) is 13.0 Å². The third-order valence-corrected chi connectivity index (χ3v) is 4.11. The molecule has 9 heteroatoms. The minimum atomic E-state index is -0.762. The van der Waals surface area contributed by atoms with Gasteiger partial charge in [-0.25, -0.2) is 13.6 Å². The molecule has 0 bridgehead atoms. The van der Waals surface area contributed by atoms with E-state index < -0.39 is 23.8 Å². The van der Waals surface area contributed by atoms with Gasteiger partial charge in [-0.15, -0.1) is 0 Å². The van der Waals surface area contributed by atoms with Crippen molar-refractivity contribution in [1.82, 2.24) is 5.16 Å². The van der Waals surface area contributed by atoms with E-state index in [4.69, 9.17) is 15.2 Å². The Labute approximate surface area is 154 Å². The number of nitrogens with zero attached hydrogens (tertiary/aromatic N) is 2. The molecule has 144 valence electrons. The number of nitrogens with two attached hydrogens (primary N) is 1. The van der Waals surface area contributed by atoms with E-state index in [1.165, 1.54) is 12.3 Å². The molecule has 1 aliphatic rings. The third-order valence-electron chi connectivity index (χ3n) is 4.11. The van der Waals surface area contributed by atoms with Crippen LogP contribution in [-0.2, 0) is 4.74 Å². The van der Waals surface area contributed by atoms with E-state index in [2.05, 4.69) is 9.68 Å². The van der Waals surface area contributed by atoms with Crippen molar-refractivity contribution in [1.29, 1.82) is 0 Å². The van der Waals surface area contributed by atoms with Crippen LogP contribution in [0.2, 0.25) is 0 Å². The molecular weight excluding hydrogens is 360 g/mol. The molecule has 2 heterocycles. The first-order valence-electron chi connectivity index (χ1n) is 8.43. The molecule has 0 radical (unpaired) electrons. The van der Waals surface area contributed by atoms with E-state index in [9.17, 15) is 13.6 Å². The summed E-state index contributed by atoms with van der Waals surface area (Å²) in [7, 11) is 0. The average Bonchev–Trinajstić information content (AvgIpc) is 3.27. The summed E-state index contributed by atoms with van der Waals surface area (Å²) in [6.45, 7) is 2.09. The van der Waals surface area contributed by atoms with E-state index >= 15 is 0 Å². The van der Waals surface area contributed by atoms with Gasteiger partial charge in [0.25, 0.3) is 5.88 Å². The van der Waals surface area contributed by atoms with Crippen LogP contribution in [0, 0.1) is 11.6 Å². The second-order valence-electron chi connectivity index (χ2n) is 5.87. The van der Waals surface area contributed by atoms with Crippen molar-refractivity contribution in [3.63, 3.8) is 0 Å². The Hall–Kier alpha value is -2.94. The second-order valence-corrected chi connectivity index (χ2v) is 5.87. The van der Waals surface area contributed by atoms with Gasteiger partial charge >= 0.3 is 6.09 Å². The molecule has 0 spiro atoms. The topological polar surface area (TPSA) is 90.8 Å². The van der Waals surface area contributed by atoms with Crippen molar-refractivity contribution in [2.75, 3.05) is 24.6 Å². The molecule has 1 saturated heterocycles. The summed E-state index contributed by atoms with van der Waals surface area (Å²) in [5.41, 5.74) is 5.87. The van der Waals surface area contributed by atoms with Gasteiger partial charge in [0.2, 0.25) is 0 Å². The van der Waals surface area contributed by atoms with Crippen LogP contribution in [0.25, 0.3) is 5.57 Å². The lowest BCUT2D eigenvalue weighted by Crippen LogP contribution is -2.27. The Balaban J connectivity index is 1.76. The van der Waals surface area contributed by atoms with Gasteiger partial charge < -0.3 is 19.7 Å². The fourth-order valence-electron chi connectivity index (χ4n) is 2.86. The number of aromatic nitrogens is 1. The van der Waals surface area contributed by atoms with E-state index in [0.717, 1.165) is 17.0 Å². The summed E-state index contributed by atoms with van der Waals surface area (Å²) >= 11 is 0. The number of benzene rings is 1.